The number of pyridine rings is 1. The van der Waals surface area contributed by atoms with Gasteiger partial charge < -0.3 is 10.1 Å². The van der Waals surface area contributed by atoms with E-state index in [2.05, 4.69) is 10.3 Å². The fourth-order valence-electron chi connectivity index (χ4n) is 2.18. The minimum Gasteiger partial charge on any atom is -0.496 e. The fraction of sp³-hybridized carbons (Fsp3) is 0.235. The zero-order valence-corrected chi connectivity index (χ0v) is 12.8. The molecule has 1 N–H and O–H groups in total. The van der Waals surface area contributed by atoms with Gasteiger partial charge in [0.25, 0.3) is 5.91 Å². The molecule has 0 atom stereocenters. The van der Waals surface area contributed by atoms with E-state index in [0.717, 1.165) is 0 Å². The molecule has 5 nitrogen and oxygen atoms in total. The first-order chi connectivity index (χ1) is 10.5. The summed E-state index contributed by atoms with van der Waals surface area (Å²) < 4.78 is 5.17. The van der Waals surface area contributed by atoms with Crippen molar-refractivity contribution < 1.29 is 14.3 Å². The Morgan fingerprint density at radius 1 is 1.14 bits per heavy atom. The van der Waals surface area contributed by atoms with Crippen molar-refractivity contribution in [1.82, 2.24) is 10.3 Å². The number of carbonyl (C=O) groups excluding carboxylic acids is 2. The third-order valence-electron chi connectivity index (χ3n) is 3.30. The molecule has 0 unspecified atom stereocenters. The Balaban J connectivity index is 2.08. The topological polar surface area (TPSA) is 68.3 Å². The lowest BCUT2D eigenvalue weighted by Gasteiger charge is -2.10. The molecule has 1 heterocycles. The standard InChI is InChI=1S/C17H18N2O3/c1-11-14(12(2)20)9-8-13(19-11)10-18-17(21)15-6-4-5-7-16(15)22-3/h4-9H,10H2,1-3H3,(H,18,21). The number of ketones is 1. The normalized spacial score (nSPS) is 10.1. The van der Waals surface area contributed by atoms with Gasteiger partial charge in [-0.3, -0.25) is 14.6 Å². The van der Waals surface area contributed by atoms with Crippen LogP contribution >= 0.6 is 0 Å². The molecule has 0 aliphatic heterocycles. The minimum atomic E-state index is -0.229. The molecule has 0 fully saturated rings. The maximum Gasteiger partial charge on any atom is 0.255 e. The molecule has 0 radical (unpaired) electrons. The summed E-state index contributed by atoms with van der Waals surface area (Å²) in [7, 11) is 1.53. The van der Waals surface area contributed by atoms with Crippen molar-refractivity contribution in [3.63, 3.8) is 0 Å². The zero-order chi connectivity index (χ0) is 16.1. The minimum absolute atomic E-state index is 0.0189. The van der Waals surface area contributed by atoms with Gasteiger partial charge in [0.1, 0.15) is 5.75 Å². The van der Waals surface area contributed by atoms with Gasteiger partial charge in [-0.2, -0.15) is 0 Å². The number of Topliss-reactive ketones (excluding diaryl/α,β-unsaturated/α-hetero) is 1. The summed E-state index contributed by atoms with van der Waals surface area (Å²) in [4.78, 5) is 27.9. The highest BCUT2D eigenvalue weighted by atomic mass is 16.5. The van der Waals surface area contributed by atoms with Gasteiger partial charge in [0.2, 0.25) is 0 Å². The SMILES string of the molecule is COc1ccccc1C(=O)NCc1ccc(C(C)=O)c(C)n1. The van der Waals surface area contributed by atoms with Crippen molar-refractivity contribution in [1.29, 1.82) is 0 Å². The number of nitrogens with zero attached hydrogens (tertiary/aromatic N) is 1. The molecule has 0 saturated heterocycles. The number of ether oxygens (including phenoxy) is 1. The van der Waals surface area contributed by atoms with Crippen LogP contribution in [0.2, 0.25) is 0 Å². The van der Waals surface area contributed by atoms with Gasteiger partial charge in [0.15, 0.2) is 5.78 Å². The van der Waals surface area contributed by atoms with Gasteiger partial charge in [-0.1, -0.05) is 12.1 Å². The maximum absolute atomic E-state index is 12.2. The predicted octanol–water partition coefficient (Wildman–Crippen LogP) is 2.53. The molecule has 1 aromatic carbocycles. The number of amides is 1. The second-order valence-corrected chi connectivity index (χ2v) is 4.87. The second-order valence-electron chi connectivity index (χ2n) is 4.87. The van der Waals surface area contributed by atoms with Crippen LogP contribution in [0.5, 0.6) is 5.75 Å². The number of hydrogen-bond donors (Lipinski definition) is 1. The number of para-hydroxylation sites is 1. The van der Waals surface area contributed by atoms with Gasteiger partial charge in [-0.25, -0.2) is 0 Å². The number of carbonyl (C=O) groups is 2. The molecule has 0 saturated carbocycles. The molecular formula is C17H18N2O3. The highest BCUT2D eigenvalue weighted by Crippen LogP contribution is 2.17. The number of nitrogens with one attached hydrogen (secondary N) is 1. The molecule has 0 aliphatic rings. The highest BCUT2D eigenvalue weighted by molar-refractivity contribution is 5.97. The first-order valence-corrected chi connectivity index (χ1v) is 6.91. The van der Waals surface area contributed by atoms with Crippen LogP contribution in [0.25, 0.3) is 0 Å². The largest absolute Gasteiger partial charge is 0.496 e. The summed E-state index contributed by atoms with van der Waals surface area (Å²) in [6.07, 6.45) is 0. The monoisotopic (exact) mass is 298 g/mol. The maximum atomic E-state index is 12.2. The van der Waals surface area contributed by atoms with Crippen molar-refractivity contribution in [3.05, 3.63) is 58.9 Å². The number of hydrogen-bond acceptors (Lipinski definition) is 4. The van der Waals surface area contributed by atoms with Gasteiger partial charge >= 0.3 is 0 Å². The van der Waals surface area contributed by atoms with E-state index >= 15 is 0 Å². The van der Waals surface area contributed by atoms with Gasteiger partial charge in [-0.15, -0.1) is 0 Å². The molecule has 1 amide bonds. The smallest absolute Gasteiger partial charge is 0.255 e. The van der Waals surface area contributed by atoms with Crippen LogP contribution in [0.3, 0.4) is 0 Å². The Hall–Kier alpha value is -2.69. The summed E-state index contributed by atoms with van der Waals surface area (Å²) in [5.74, 6) is 0.276. The van der Waals surface area contributed by atoms with Crippen LogP contribution < -0.4 is 10.1 Å². The van der Waals surface area contributed by atoms with E-state index < -0.39 is 0 Å². The summed E-state index contributed by atoms with van der Waals surface area (Å²) in [6, 6.07) is 10.5. The predicted molar refractivity (Wildman–Crippen MR) is 83.1 cm³/mol. The van der Waals surface area contributed by atoms with E-state index in [-0.39, 0.29) is 18.2 Å². The Kier molecular flexibility index (Phi) is 4.88. The van der Waals surface area contributed by atoms with Crippen LogP contribution in [0.15, 0.2) is 36.4 Å². The first-order valence-electron chi connectivity index (χ1n) is 6.91. The average Bonchev–Trinajstić information content (AvgIpc) is 2.52. The molecule has 0 spiro atoms. The third-order valence-corrected chi connectivity index (χ3v) is 3.30. The van der Waals surface area contributed by atoms with E-state index in [4.69, 9.17) is 4.74 Å². The van der Waals surface area contributed by atoms with E-state index in [1.807, 2.05) is 0 Å². The van der Waals surface area contributed by atoms with E-state index in [1.54, 1.807) is 43.3 Å². The molecule has 0 aliphatic carbocycles. The molecule has 2 rings (SSSR count). The van der Waals surface area contributed by atoms with Gasteiger partial charge in [0.05, 0.1) is 24.9 Å². The number of aryl methyl sites for hydroxylation is 1. The lowest BCUT2D eigenvalue weighted by Crippen LogP contribution is -2.24. The molecule has 5 heteroatoms. The highest BCUT2D eigenvalue weighted by Gasteiger charge is 2.12. The van der Waals surface area contributed by atoms with Crippen molar-refractivity contribution in [2.24, 2.45) is 0 Å². The Morgan fingerprint density at radius 3 is 2.50 bits per heavy atom. The third kappa shape index (κ3) is 3.49. The van der Waals surface area contributed by atoms with Crippen LogP contribution in [0.1, 0.15) is 39.0 Å². The quantitative estimate of drug-likeness (QED) is 0.861. The van der Waals surface area contributed by atoms with Crippen molar-refractivity contribution in [2.45, 2.75) is 20.4 Å². The Labute approximate surface area is 129 Å². The zero-order valence-electron chi connectivity index (χ0n) is 12.8. The number of methoxy groups -OCH3 is 1. The molecule has 1 aromatic heterocycles. The summed E-state index contributed by atoms with van der Waals surface area (Å²) >= 11 is 0. The molecule has 2 aromatic rings. The lowest BCUT2D eigenvalue weighted by molar-refractivity contribution is 0.0946. The van der Waals surface area contributed by atoms with Gasteiger partial charge in [0, 0.05) is 11.3 Å². The average molecular weight is 298 g/mol. The van der Waals surface area contributed by atoms with Crippen LogP contribution in [0.4, 0.5) is 0 Å². The van der Waals surface area contributed by atoms with Crippen LogP contribution in [-0.2, 0) is 6.54 Å². The molecular weight excluding hydrogens is 280 g/mol. The second kappa shape index (κ2) is 6.85. The first kappa shape index (κ1) is 15.7. The van der Waals surface area contributed by atoms with Gasteiger partial charge in [-0.05, 0) is 38.1 Å². The lowest BCUT2D eigenvalue weighted by atomic mass is 10.1. The Bertz CT molecular complexity index is 711. The Morgan fingerprint density at radius 2 is 1.86 bits per heavy atom. The van der Waals surface area contributed by atoms with E-state index in [9.17, 15) is 9.59 Å². The molecule has 114 valence electrons. The number of aromatic nitrogens is 1. The van der Waals surface area contributed by atoms with E-state index in [1.165, 1.54) is 14.0 Å². The fourth-order valence-corrected chi connectivity index (χ4v) is 2.18. The number of benzene rings is 1. The van der Waals surface area contributed by atoms with Crippen LogP contribution in [-0.4, -0.2) is 23.8 Å². The summed E-state index contributed by atoms with van der Waals surface area (Å²) in [5, 5.41) is 2.80. The van der Waals surface area contributed by atoms with Crippen LogP contribution in [0, 0.1) is 6.92 Å². The van der Waals surface area contributed by atoms with Crippen molar-refractivity contribution in [3.8, 4) is 5.75 Å². The van der Waals surface area contributed by atoms with E-state index in [0.29, 0.717) is 28.3 Å². The van der Waals surface area contributed by atoms with Crippen molar-refractivity contribution >= 4 is 11.7 Å². The van der Waals surface area contributed by atoms with Crippen molar-refractivity contribution in [2.75, 3.05) is 7.11 Å². The molecule has 22 heavy (non-hydrogen) atoms. The number of rotatable bonds is 5. The summed E-state index contributed by atoms with van der Waals surface area (Å²) in [6.45, 7) is 3.57. The summed E-state index contributed by atoms with van der Waals surface area (Å²) in [5.41, 5.74) is 2.43. The molecule has 0 bridgehead atoms.